The fraction of sp³-hybridized carbons (Fsp3) is 0.600. The minimum atomic E-state index is 0.837. The largest absolute Gasteiger partial charge is 0.494 e. The molecular weight excluding hydrogens is 196 g/mol. The van der Waals surface area contributed by atoms with Gasteiger partial charge in [0.2, 0.25) is 0 Å². The predicted molar refractivity (Wildman–Crippen MR) is 69.9 cm³/mol. The van der Waals surface area contributed by atoms with Gasteiger partial charge in [-0.15, -0.1) is 0 Å². The van der Waals surface area contributed by atoms with Crippen LogP contribution in [0.5, 0.6) is 5.75 Å². The van der Waals surface area contributed by atoms with E-state index in [-0.39, 0.29) is 0 Å². The third-order valence-electron chi connectivity index (χ3n) is 3.08. The summed E-state index contributed by atoms with van der Waals surface area (Å²) in [4.78, 5) is 0. The minimum absolute atomic E-state index is 0.837. The summed E-state index contributed by atoms with van der Waals surface area (Å²) in [5.74, 6) is 1.83. The molecule has 90 valence electrons. The highest BCUT2D eigenvalue weighted by atomic mass is 16.5. The van der Waals surface area contributed by atoms with Gasteiger partial charge in [-0.2, -0.15) is 0 Å². The van der Waals surface area contributed by atoms with E-state index in [1.807, 2.05) is 30.3 Å². The zero-order valence-electron chi connectivity index (χ0n) is 10.6. The van der Waals surface area contributed by atoms with Crippen molar-refractivity contribution in [3.8, 4) is 5.75 Å². The molecule has 1 aromatic rings. The summed E-state index contributed by atoms with van der Waals surface area (Å²) in [6, 6.07) is 10.1. The van der Waals surface area contributed by atoms with Crippen molar-refractivity contribution in [3.05, 3.63) is 30.3 Å². The van der Waals surface area contributed by atoms with Crippen LogP contribution in [0, 0.1) is 5.92 Å². The van der Waals surface area contributed by atoms with Crippen molar-refractivity contribution in [1.82, 2.24) is 0 Å². The molecule has 1 atom stereocenters. The van der Waals surface area contributed by atoms with Crippen molar-refractivity contribution in [1.29, 1.82) is 0 Å². The van der Waals surface area contributed by atoms with Gasteiger partial charge >= 0.3 is 0 Å². The smallest absolute Gasteiger partial charge is 0.119 e. The van der Waals surface area contributed by atoms with Crippen LogP contribution < -0.4 is 4.74 Å². The second-order valence-corrected chi connectivity index (χ2v) is 4.37. The van der Waals surface area contributed by atoms with Crippen LogP contribution in [0.2, 0.25) is 0 Å². The number of ether oxygens (including phenoxy) is 1. The van der Waals surface area contributed by atoms with Crippen LogP contribution >= 0.6 is 0 Å². The van der Waals surface area contributed by atoms with E-state index in [1.165, 1.54) is 32.1 Å². The molecule has 16 heavy (non-hydrogen) atoms. The number of unbranched alkanes of at least 4 members (excludes halogenated alkanes) is 1. The van der Waals surface area contributed by atoms with Crippen LogP contribution in [0.15, 0.2) is 30.3 Å². The first kappa shape index (κ1) is 13.1. The molecule has 1 unspecified atom stereocenters. The third-order valence-corrected chi connectivity index (χ3v) is 3.08. The van der Waals surface area contributed by atoms with E-state index in [1.54, 1.807) is 0 Å². The van der Waals surface area contributed by atoms with E-state index in [2.05, 4.69) is 13.8 Å². The summed E-state index contributed by atoms with van der Waals surface area (Å²) in [5, 5.41) is 0. The molecule has 0 N–H and O–H groups in total. The van der Waals surface area contributed by atoms with Crippen molar-refractivity contribution < 1.29 is 4.74 Å². The van der Waals surface area contributed by atoms with Crippen molar-refractivity contribution in [3.63, 3.8) is 0 Å². The summed E-state index contributed by atoms with van der Waals surface area (Å²) in [6.45, 7) is 5.39. The summed E-state index contributed by atoms with van der Waals surface area (Å²) >= 11 is 0. The fourth-order valence-electron chi connectivity index (χ4n) is 1.91. The standard InChI is InChI=1S/C15H24O/c1-3-5-9-14(4-2)12-13-16-15-10-7-6-8-11-15/h6-8,10-11,14H,3-5,9,12-13H2,1-2H3. The quantitative estimate of drug-likeness (QED) is 0.618. The molecule has 0 aromatic heterocycles. The van der Waals surface area contributed by atoms with Gasteiger partial charge in [-0.05, 0) is 24.5 Å². The molecule has 0 aliphatic rings. The van der Waals surface area contributed by atoms with Gasteiger partial charge in [-0.3, -0.25) is 0 Å². The van der Waals surface area contributed by atoms with Crippen molar-refractivity contribution in [2.24, 2.45) is 5.92 Å². The van der Waals surface area contributed by atoms with Crippen LogP contribution in [-0.4, -0.2) is 6.61 Å². The lowest BCUT2D eigenvalue weighted by molar-refractivity contribution is 0.266. The molecule has 1 nitrogen and oxygen atoms in total. The normalized spacial score (nSPS) is 12.4. The maximum absolute atomic E-state index is 5.72. The third kappa shape index (κ3) is 5.20. The van der Waals surface area contributed by atoms with Gasteiger partial charge < -0.3 is 4.74 Å². The Morgan fingerprint density at radius 1 is 1.06 bits per heavy atom. The first-order chi connectivity index (χ1) is 7.86. The summed E-state index contributed by atoms with van der Waals surface area (Å²) in [7, 11) is 0. The molecular formula is C15H24O. The number of hydrogen-bond donors (Lipinski definition) is 0. The van der Waals surface area contributed by atoms with Crippen LogP contribution in [0.4, 0.5) is 0 Å². The van der Waals surface area contributed by atoms with Crippen molar-refractivity contribution in [2.45, 2.75) is 46.0 Å². The topological polar surface area (TPSA) is 9.23 Å². The number of rotatable bonds is 8. The first-order valence-electron chi connectivity index (χ1n) is 6.54. The molecule has 1 aromatic carbocycles. The maximum Gasteiger partial charge on any atom is 0.119 e. The van der Waals surface area contributed by atoms with E-state index in [4.69, 9.17) is 4.74 Å². The Morgan fingerprint density at radius 3 is 2.44 bits per heavy atom. The molecule has 0 aliphatic carbocycles. The maximum atomic E-state index is 5.72. The van der Waals surface area contributed by atoms with Gasteiger partial charge in [-0.25, -0.2) is 0 Å². The van der Waals surface area contributed by atoms with Gasteiger partial charge in [0.25, 0.3) is 0 Å². The lowest BCUT2D eigenvalue weighted by Gasteiger charge is -2.14. The van der Waals surface area contributed by atoms with Crippen LogP contribution in [0.3, 0.4) is 0 Å². The van der Waals surface area contributed by atoms with Crippen LogP contribution in [-0.2, 0) is 0 Å². The van der Waals surface area contributed by atoms with Gasteiger partial charge in [0.1, 0.15) is 5.75 Å². The van der Waals surface area contributed by atoms with Crippen molar-refractivity contribution >= 4 is 0 Å². The molecule has 0 spiro atoms. The average Bonchev–Trinajstić information content (AvgIpc) is 2.35. The second-order valence-electron chi connectivity index (χ2n) is 4.37. The summed E-state index contributed by atoms with van der Waals surface area (Å²) < 4.78 is 5.72. The highest BCUT2D eigenvalue weighted by Gasteiger charge is 2.05. The van der Waals surface area contributed by atoms with Crippen LogP contribution in [0.1, 0.15) is 46.0 Å². The van der Waals surface area contributed by atoms with E-state index in [0.717, 1.165) is 18.3 Å². The fourth-order valence-corrected chi connectivity index (χ4v) is 1.91. The SMILES string of the molecule is CCCCC(CC)CCOc1ccccc1. The summed E-state index contributed by atoms with van der Waals surface area (Å²) in [5.41, 5.74) is 0. The monoisotopic (exact) mass is 220 g/mol. The number of para-hydroxylation sites is 1. The average molecular weight is 220 g/mol. The van der Waals surface area contributed by atoms with Crippen molar-refractivity contribution in [2.75, 3.05) is 6.61 Å². The highest BCUT2D eigenvalue weighted by Crippen LogP contribution is 2.17. The lowest BCUT2D eigenvalue weighted by Crippen LogP contribution is -2.06. The molecule has 0 aliphatic heterocycles. The number of benzene rings is 1. The molecule has 0 fully saturated rings. The number of hydrogen-bond acceptors (Lipinski definition) is 1. The van der Waals surface area contributed by atoms with Gasteiger partial charge in [0.15, 0.2) is 0 Å². The highest BCUT2D eigenvalue weighted by molar-refractivity contribution is 5.20. The molecule has 0 saturated carbocycles. The predicted octanol–water partition coefficient (Wildman–Crippen LogP) is 4.67. The lowest BCUT2D eigenvalue weighted by atomic mass is 9.96. The van der Waals surface area contributed by atoms with E-state index >= 15 is 0 Å². The van der Waals surface area contributed by atoms with E-state index in [0.29, 0.717) is 0 Å². The molecule has 1 heteroatoms. The van der Waals surface area contributed by atoms with E-state index < -0.39 is 0 Å². The Balaban J connectivity index is 2.18. The Hall–Kier alpha value is -0.980. The molecule has 0 bridgehead atoms. The molecule has 1 rings (SSSR count). The molecule has 0 amide bonds. The Kier molecular flexibility index (Phi) is 6.71. The van der Waals surface area contributed by atoms with Crippen LogP contribution in [0.25, 0.3) is 0 Å². The van der Waals surface area contributed by atoms with Gasteiger partial charge in [-0.1, -0.05) is 57.7 Å². The molecule has 0 radical (unpaired) electrons. The summed E-state index contributed by atoms with van der Waals surface area (Å²) in [6.07, 6.45) is 6.47. The molecule has 0 saturated heterocycles. The Bertz CT molecular complexity index is 255. The van der Waals surface area contributed by atoms with Gasteiger partial charge in [0.05, 0.1) is 6.61 Å². The van der Waals surface area contributed by atoms with E-state index in [9.17, 15) is 0 Å². The Labute approximate surface area is 99.8 Å². The minimum Gasteiger partial charge on any atom is -0.494 e. The second kappa shape index (κ2) is 8.20. The molecule has 0 heterocycles. The zero-order chi connectivity index (χ0) is 11.6. The zero-order valence-corrected chi connectivity index (χ0v) is 10.6. The Morgan fingerprint density at radius 2 is 1.81 bits per heavy atom. The van der Waals surface area contributed by atoms with Gasteiger partial charge in [0, 0.05) is 0 Å². The first-order valence-corrected chi connectivity index (χ1v) is 6.54.